The van der Waals surface area contributed by atoms with Crippen LogP contribution in [0.15, 0.2) is 0 Å². The molecule has 0 bridgehead atoms. The molecule has 5 N–H and O–H groups in total. The lowest BCUT2D eigenvalue weighted by Gasteiger charge is -2.36. The van der Waals surface area contributed by atoms with Gasteiger partial charge in [-0.05, 0) is 50.4 Å². The predicted octanol–water partition coefficient (Wildman–Crippen LogP) is 1.87. The van der Waals surface area contributed by atoms with E-state index in [1.807, 2.05) is 41.5 Å². The molecule has 0 aromatic rings. The van der Waals surface area contributed by atoms with Gasteiger partial charge in [0.25, 0.3) is 5.91 Å². The Morgan fingerprint density at radius 2 is 1.59 bits per heavy atom. The zero-order chi connectivity index (χ0) is 30.8. The lowest BCUT2D eigenvalue weighted by Crippen LogP contribution is -2.61. The Morgan fingerprint density at radius 1 is 0.976 bits per heavy atom. The van der Waals surface area contributed by atoms with Crippen LogP contribution >= 0.6 is 0 Å². The average molecular weight is 576 g/mol. The first-order valence-electron chi connectivity index (χ1n) is 14.9. The zero-order valence-corrected chi connectivity index (χ0v) is 25.9. The maximum atomic E-state index is 14.3. The highest BCUT2D eigenvalue weighted by atomic mass is 16.5. The summed E-state index contributed by atoms with van der Waals surface area (Å²) in [6.45, 7) is 17.0. The van der Waals surface area contributed by atoms with Crippen LogP contribution in [0.3, 0.4) is 0 Å². The summed E-state index contributed by atoms with van der Waals surface area (Å²) in [4.78, 5) is 67.4. The molecular weight excluding hydrogens is 526 g/mol. The minimum absolute atomic E-state index is 0.143. The minimum Gasteiger partial charge on any atom is -0.380 e. The Balaban J connectivity index is 1.63. The largest absolute Gasteiger partial charge is 0.380 e. The number of fused-ring (bicyclic) bond motifs is 1. The fraction of sp³-hybridized carbons (Fsp3) is 0.833. The van der Waals surface area contributed by atoms with Gasteiger partial charge in [0.2, 0.25) is 17.6 Å². The number of rotatable bonds is 8. The lowest BCUT2D eigenvalue weighted by molar-refractivity contribution is -0.143. The number of Topliss-reactive ketones (excluding diaryl/α,β-unsaturated/α-hetero) is 1. The number of nitrogens with one attached hydrogen (secondary N) is 3. The molecule has 4 aliphatic rings. The molecule has 2 saturated carbocycles. The second-order valence-corrected chi connectivity index (χ2v) is 15.4. The zero-order valence-electron chi connectivity index (χ0n) is 25.9. The Bertz CT molecular complexity index is 1110. The van der Waals surface area contributed by atoms with Crippen LogP contribution in [-0.2, 0) is 23.9 Å². The lowest BCUT2D eigenvalue weighted by atomic mass is 9.80. The molecule has 2 aliphatic heterocycles. The van der Waals surface area contributed by atoms with Gasteiger partial charge in [-0.25, -0.2) is 4.79 Å². The highest BCUT2D eigenvalue weighted by molar-refractivity contribution is 6.37. The molecule has 5 amide bonds. The minimum atomic E-state index is -1.08. The van der Waals surface area contributed by atoms with Crippen LogP contribution in [0.2, 0.25) is 0 Å². The average Bonchev–Trinajstić information content (AvgIpc) is 3.01. The van der Waals surface area contributed by atoms with Crippen LogP contribution in [0.4, 0.5) is 4.79 Å². The van der Waals surface area contributed by atoms with Gasteiger partial charge in [-0.3, -0.25) is 19.2 Å². The molecular formula is C30H49N5O6. The number of hydrogen-bond donors (Lipinski definition) is 4. The van der Waals surface area contributed by atoms with Gasteiger partial charge in [-0.2, -0.15) is 0 Å². The monoisotopic (exact) mass is 575 g/mol. The van der Waals surface area contributed by atoms with Crippen molar-refractivity contribution in [1.82, 2.24) is 20.9 Å². The van der Waals surface area contributed by atoms with Gasteiger partial charge in [-0.15, -0.1) is 0 Å². The molecule has 2 spiro atoms. The van der Waals surface area contributed by atoms with E-state index in [2.05, 4.69) is 29.8 Å². The number of nitrogens with zero attached hydrogens (tertiary/aromatic N) is 1. The molecule has 0 aromatic carbocycles. The van der Waals surface area contributed by atoms with E-state index >= 15 is 0 Å². The second-order valence-electron chi connectivity index (χ2n) is 15.4. The van der Waals surface area contributed by atoms with Gasteiger partial charge >= 0.3 is 6.03 Å². The Kier molecular flexibility index (Phi) is 7.80. The van der Waals surface area contributed by atoms with Crippen LogP contribution in [0.5, 0.6) is 0 Å². The first-order valence-corrected chi connectivity index (χ1v) is 14.9. The fourth-order valence-electron chi connectivity index (χ4n) is 7.43. The summed E-state index contributed by atoms with van der Waals surface area (Å²) in [5.41, 5.74) is 3.52. The van der Waals surface area contributed by atoms with E-state index in [-0.39, 0.29) is 28.1 Å². The standard InChI is InChI=1S/C30H49N5O6/c1-26(2,3)21(33-25(40)34-27(4,5)6)24(39)35-14-29(28(7,8)30(29)15-41-16-30)13-19(35)23(38)32-18(20(36)22(31)37)12-17-10-9-11-17/h17-19,21H,9-16H2,1-8H3,(H2,31,37)(H,32,38)(H2,33,34,40)/t18?,19-,21+,29-/m0/s1. The second kappa shape index (κ2) is 10.2. The molecule has 4 fully saturated rings. The molecule has 0 radical (unpaired) electrons. The van der Waals surface area contributed by atoms with Crippen LogP contribution < -0.4 is 21.7 Å². The van der Waals surface area contributed by atoms with Gasteiger partial charge in [0.1, 0.15) is 12.1 Å². The number of urea groups is 1. The van der Waals surface area contributed by atoms with Crippen molar-refractivity contribution in [2.45, 2.75) is 111 Å². The first-order chi connectivity index (χ1) is 18.8. The molecule has 0 aromatic heterocycles. The van der Waals surface area contributed by atoms with Gasteiger partial charge in [0, 0.05) is 22.9 Å². The highest BCUT2D eigenvalue weighted by Gasteiger charge is 2.86. The molecule has 1 unspecified atom stereocenters. The quantitative estimate of drug-likeness (QED) is 0.323. The third-order valence-electron chi connectivity index (χ3n) is 10.4. The van der Waals surface area contributed by atoms with Gasteiger partial charge in [0.15, 0.2) is 0 Å². The number of likely N-dealkylation sites (tertiary alicyclic amines) is 1. The molecule has 230 valence electrons. The number of ether oxygens (including phenoxy) is 1. The van der Waals surface area contributed by atoms with E-state index < -0.39 is 52.7 Å². The summed E-state index contributed by atoms with van der Waals surface area (Å²) in [5.74, 6) is -2.49. The SMILES string of the molecule is CC(C)(C)NC(=O)N[C@H](C(=O)N1C[C@@]2(C[C@H]1C(=O)NC(CC1CCC1)C(=O)C(N)=O)C(C)(C)C21COC1)C(C)(C)C. The van der Waals surface area contributed by atoms with Crippen molar-refractivity contribution >= 4 is 29.5 Å². The van der Waals surface area contributed by atoms with Crippen LogP contribution in [-0.4, -0.2) is 77.9 Å². The van der Waals surface area contributed by atoms with Crippen molar-refractivity contribution in [3.8, 4) is 0 Å². The van der Waals surface area contributed by atoms with E-state index in [1.165, 1.54) is 0 Å². The number of nitrogens with two attached hydrogens (primary N) is 1. The topological polar surface area (TPSA) is 160 Å². The molecule has 2 heterocycles. The summed E-state index contributed by atoms with van der Waals surface area (Å²) in [6, 6.07) is -3.28. The van der Waals surface area contributed by atoms with E-state index in [0.717, 1.165) is 19.3 Å². The predicted molar refractivity (Wildman–Crippen MR) is 152 cm³/mol. The van der Waals surface area contributed by atoms with E-state index in [4.69, 9.17) is 10.5 Å². The Hall–Kier alpha value is -2.69. The fourth-order valence-corrected chi connectivity index (χ4v) is 7.43. The van der Waals surface area contributed by atoms with Gasteiger partial charge in [-0.1, -0.05) is 53.9 Å². The molecule has 2 saturated heterocycles. The summed E-state index contributed by atoms with van der Waals surface area (Å²) in [6.07, 6.45) is 3.67. The smallest absolute Gasteiger partial charge is 0.315 e. The number of primary amides is 1. The van der Waals surface area contributed by atoms with Crippen molar-refractivity contribution in [3.63, 3.8) is 0 Å². The van der Waals surface area contributed by atoms with Crippen molar-refractivity contribution in [2.75, 3.05) is 19.8 Å². The summed E-state index contributed by atoms with van der Waals surface area (Å²) in [7, 11) is 0. The number of carbonyl (C=O) groups is 5. The van der Waals surface area contributed by atoms with Crippen LogP contribution in [0.1, 0.15) is 87.5 Å². The molecule has 41 heavy (non-hydrogen) atoms. The summed E-state index contributed by atoms with van der Waals surface area (Å²) >= 11 is 0. The van der Waals surface area contributed by atoms with Gasteiger partial charge in [0.05, 0.1) is 19.3 Å². The maximum Gasteiger partial charge on any atom is 0.315 e. The van der Waals surface area contributed by atoms with E-state index in [1.54, 1.807) is 4.90 Å². The number of ketones is 1. The normalized spacial score (nSPS) is 27.8. The molecule has 11 nitrogen and oxygen atoms in total. The highest BCUT2D eigenvalue weighted by Crippen LogP contribution is 2.84. The third kappa shape index (κ3) is 5.34. The van der Waals surface area contributed by atoms with Crippen molar-refractivity contribution in [3.05, 3.63) is 0 Å². The number of hydrogen-bond acceptors (Lipinski definition) is 6. The number of amides is 5. The van der Waals surface area contributed by atoms with E-state index in [9.17, 15) is 24.0 Å². The Morgan fingerprint density at radius 3 is 2.00 bits per heavy atom. The Labute approximate surface area is 243 Å². The third-order valence-corrected chi connectivity index (χ3v) is 10.4. The maximum absolute atomic E-state index is 14.3. The summed E-state index contributed by atoms with van der Waals surface area (Å²) in [5, 5.41) is 8.54. The molecule has 11 heteroatoms. The van der Waals surface area contributed by atoms with Crippen molar-refractivity contribution in [1.29, 1.82) is 0 Å². The molecule has 2 aliphatic carbocycles. The van der Waals surface area contributed by atoms with Crippen LogP contribution in [0, 0.1) is 27.6 Å². The summed E-state index contributed by atoms with van der Waals surface area (Å²) < 4.78 is 5.63. The number of carbonyl (C=O) groups excluding carboxylic acids is 5. The van der Waals surface area contributed by atoms with Gasteiger partial charge < -0.3 is 31.3 Å². The van der Waals surface area contributed by atoms with E-state index in [0.29, 0.717) is 32.6 Å². The van der Waals surface area contributed by atoms with Crippen LogP contribution in [0.25, 0.3) is 0 Å². The first kappa shape index (κ1) is 31.3. The van der Waals surface area contributed by atoms with Crippen molar-refractivity contribution in [2.24, 2.45) is 33.3 Å². The van der Waals surface area contributed by atoms with Crippen molar-refractivity contribution < 1.29 is 28.7 Å². The molecule has 4 atom stereocenters. The molecule has 4 rings (SSSR count).